The topological polar surface area (TPSA) is 33.1 Å². The number of hydrogen-bond donors (Lipinski definition) is 1. The maximum Gasteiger partial charge on any atom is 0.115 e. The van der Waals surface area contributed by atoms with Gasteiger partial charge in [-0.15, -0.1) is 0 Å². The maximum absolute atomic E-state index is 9.15. The highest BCUT2D eigenvalue weighted by molar-refractivity contribution is 5.56. The fourth-order valence-corrected chi connectivity index (χ4v) is 1.09. The summed E-state index contributed by atoms with van der Waals surface area (Å²) in [7, 11) is 0. The summed E-state index contributed by atoms with van der Waals surface area (Å²) < 4.78 is 0. The smallest absolute Gasteiger partial charge is 0.115 e. The molecule has 64 valence electrons. The van der Waals surface area contributed by atoms with Gasteiger partial charge in [0, 0.05) is 17.0 Å². The lowest BCUT2D eigenvalue weighted by Gasteiger charge is -2.03. The van der Waals surface area contributed by atoms with Crippen molar-refractivity contribution in [2.75, 3.05) is 0 Å². The first-order valence-electron chi connectivity index (χ1n) is 3.99. The molecule has 0 aliphatic rings. The largest absolute Gasteiger partial charge is 0.508 e. The van der Waals surface area contributed by atoms with E-state index in [4.69, 9.17) is 5.11 Å². The number of rotatable bonds is 2. The van der Waals surface area contributed by atoms with Crippen LogP contribution in [0.5, 0.6) is 0 Å². The molecule has 0 unspecified atom stereocenters. The van der Waals surface area contributed by atoms with Crippen LogP contribution < -0.4 is 0 Å². The van der Waals surface area contributed by atoms with Crippen LogP contribution in [0.4, 0.5) is 0 Å². The monoisotopic (exact) mass is 163 g/mol. The minimum Gasteiger partial charge on any atom is -0.508 e. The van der Waals surface area contributed by atoms with Crippen molar-refractivity contribution in [1.82, 2.24) is 4.98 Å². The summed E-state index contributed by atoms with van der Waals surface area (Å²) in [5.74, 6) is 0.107. The molecule has 2 heteroatoms. The first-order valence-corrected chi connectivity index (χ1v) is 3.99. The Morgan fingerprint density at radius 3 is 2.75 bits per heavy atom. The van der Waals surface area contributed by atoms with Gasteiger partial charge >= 0.3 is 0 Å². The van der Waals surface area contributed by atoms with Crippen LogP contribution in [-0.4, -0.2) is 10.1 Å². The average Bonchev–Trinajstić information content (AvgIpc) is 2.03. The molecule has 0 radical (unpaired) electrons. The average molecular weight is 163 g/mol. The van der Waals surface area contributed by atoms with E-state index in [2.05, 4.69) is 11.6 Å². The summed E-state index contributed by atoms with van der Waals surface area (Å²) in [6.07, 6.45) is 0.877. The lowest BCUT2D eigenvalue weighted by Crippen LogP contribution is -1.93. The standard InChI is InChI=1S/C10H13NO/c1-4-10-6-9(8(3)12)5-7(2)11-10/h5-6,12H,3-4H2,1-2H3. The Morgan fingerprint density at radius 1 is 1.58 bits per heavy atom. The molecule has 1 aromatic rings. The number of aryl methyl sites for hydroxylation is 2. The van der Waals surface area contributed by atoms with Crippen molar-refractivity contribution in [3.8, 4) is 0 Å². The molecule has 12 heavy (non-hydrogen) atoms. The molecule has 0 amide bonds. The van der Waals surface area contributed by atoms with Gasteiger partial charge in [0.1, 0.15) is 5.76 Å². The minimum absolute atomic E-state index is 0.107. The van der Waals surface area contributed by atoms with E-state index in [1.54, 1.807) is 0 Å². The molecule has 0 aliphatic heterocycles. The predicted molar refractivity (Wildman–Crippen MR) is 50.0 cm³/mol. The van der Waals surface area contributed by atoms with Crippen molar-refractivity contribution >= 4 is 5.76 Å². The SMILES string of the molecule is C=C(O)c1cc(C)nc(CC)c1. The number of aliphatic hydroxyl groups is 1. The van der Waals surface area contributed by atoms with Crippen molar-refractivity contribution in [2.24, 2.45) is 0 Å². The summed E-state index contributed by atoms with van der Waals surface area (Å²) in [5, 5.41) is 9.15. The molecule has 0 atom stereocenters. The van der Waals surface area contributed by atoms with Gasteiger partial charge in [-0.25, -0.2) is 0 Å². The van der Waals surface area contributed by atoms with Gasteiger partial charge in [0.2, 0.25) is 0 Å². The van der Waals surface area contributed by atoms with Gasteiger partial charge in [-0.3, -0.25) is 4.98 Å². The fraction of sp³-hybridized carbons (Fsp3) is 0.300. The Hall–Kier alpha value is -1.31. The molecule has 0 saturated heterocycles. The lowest BCUT2D eigenvalue weighted by atomic mass is 10.1. The zero-order chi connectivity index (χ0) is 9.14. The molecule has 0 bridgehead atoms. The highest BCUT2D eigenvalue weighted by Gasteiger charge is 2.00. The van der Waals surface area contributed by atoms with E-state index in [9.17, 15) is 0 Å². The van der Waals surface area contributed by atoms with Crippen LogP contribution in [0.1, 0.15) is 23.9 Å². The lowest BCUT2D eigenvalue weighted by molar-refractivity contribution is 0.513. The summed E-state index contributed by atoms with van der Waals surface area (Å²) in [5.41, 5.74) is 2.67. The minimum atomic E-state index is 0.107. The molecule has 1 rings (SSSR count). The van der Waals surface area contributed by atoms with Crippen molar-refractivity contribution in [2.45, 2.75) is 20.3 Å². The van der Waals surface area contributed by atoms with Crippen LogP contribution in [-0.2, 0) is 6.42 Å². The second kappa shape index (κ2) is 3.39. The summed E-state index contributed by atoms with van der Waals surface area (Å²) in [4.78, 5) is 4.28. The van der Waals surface area contributed by atoms with Crippen molar-refractivity contribution in [3.05, 3.63) is 35.7 Å². The molecule has 2 nitrogen and oxygen atoms in total. The second-order valence-corrected chi connectivity index (χ2v) is 2.79. The van der Waals surface area contributed by atoms with E-state index < -0.39 is 0 Å². The fourth-order valence-electron chi connectivity index (χ4n) is 1.09. The quantitative estimate of drug-likeness (QED) is 0.679. The van der Waals surface area contributed by atoms with Crippen molar-refractivity contribution in [1.29, 1.82) is 0 Å². The van der Waals surface area contributed by atoms with Crippen LogP contribution >= 0.6 is 0 Å². The van der Waals surface area contributed by atoms with Crippen LogP contribution in [0, 0.1) is 6.92 Å². The summed E-state index contributed by atoms with van der Waals surface area (Å²) >= 11 is 0. The number of aromatic nitrogens is 1. The van der Waals surface area contributed by atoms with Gasteiger partial charge in [-0.1, -0.05) is 13.5 Å². The molecule has 0 spiro atoms. The number of hydrogen-bond acceptors (Lipinski definition) is 2. The molecule has 0 aliphatic carbocycles. The van der Waals surface area contributed by atoms with E-state index >= 15 is 0 Å². The molecule has 1 N–H and O–H groups in total. The third-order valence-corrected chi connectivity index (χ3v) is 1.70. The van der Waals surface area contributed by atoms with Gasteiger partial charge in [0.25, 0.3) is 0 Å². The van der Waals surface area contributed by atoms with Gasteiger partial charge in [0.15, 0.2) is 0 Å². The Balaban J connectivity index is 3.15. The number of nitrogens with zero attached hydrogens (tertiary/aromatic N) is 1. The molecule has 0 saturated carbocycles. The predicted octanol–water partition coefficient (Wildman–Crippen LogP) is 2.48. The Bertz CT molecular complexity index is 305. The van der Waals surface area contributed by atoms with Gasteiger partial charge in [-0.2, -0.15) is 0 Å². The first kappa shape index (κ1) is 8.78. The van der Waals surface area contributed by atoms with Gasteiger partial charge < -0.3 is 5.11 Å². The molecular weight excluding hydrogens is 150 g/mol. The van der Waals surface area contributed by atoms with Gasteiger partial charge in [-0.05, 0) is 25.5 Å². The van der Waals surface area contributed by atoms with Gasteiger partial charge in [0.05, 0.1) is 0 Å². The van der Waals surface area contributed by atoms with E-state index in [-0.39, 0.29) is 5.76 Å². The summed E-state index contributed by atoms with van der Waals surface area (Å²) in [6, 6.07) is 3.68. The van der Waals surface area contributed by atoms with Crippen LogP contribution in [0.2, 0.25) is 0 Å². The van der Waals surface area contributed by atoms with Crippen LogP contribution in [0.3, 0.4) is 0 Å². The third kappa shape index (κ3) is 1.84. The highest BCUT2D eigenvalue weighted by Crippen LogP contribution is 2.12. The molecule has 0 aromatic carbocycles. The van der Waals surface area contributed by atoms with E-state index in [0.29, 0.717) is 0 Å². The van der Waals surface area contributed by atoms with Crippen LogP contribution in [0.15, 0.2) is 18.7 Å². The maximum atomic E-state index is 9.15. The van der Waals surface area contributed by atoms with E-state index in [1.165, 1.54) is 0 Å². The van der Waals surface area contributed by atoms with E-state index in [0.717, 1.165) is 23.4 Å². The second-order valence-electron chi connectivity index (χ2n) is 2.79. The number of aliphatic hydroxyl groups excluding tert-OH is 1. The Kier molecular flexibility index (Phi) is 2.48. The van der Waals surface area contributed by atoms with Crippen LogP contribution in [0.25, 0.3) is 5.76 Å². The third-order valence-electron chi connectivity index (χ3n) is 1.70. The van der Waals surface area contributed by atoms with E-state index in [1.807, 2.05) is 26.0 Å². The molecule has 1 heterocycles. The molecule has 1 aromatic heterocycles. The zero-order valence-corrected chi connectivity index (χ0v) is 7.46. The van der Waals surface area contributed by atoms with Crippen molar-refractivity contribution in [3.63, 3.8) is 0 Å². The van der Waals surface area contributed by atoms with Crippen molar-refractivity contribution < 1.29 is 5.11 Å². The normalized spacial score (nSPS) is 9.83. The summed E-state index contributed by atoms with van der Waals surface area (Å²) in [6.45, 7) is 7.41. The number of pyridine rings is 1. The molecular formula is C10H13NO. The first-order chi connectivity index (χ1) is 5.63. The Labute approximate surface area is 72.6 Å². The molecule has 0 fully saturated rings. The Morgan fingerprint density at radius 2 is 2.25 bits per heavy atom. The highest BCUT2D eigenvalue weighted by atomic mass is 16.3. The zero-order valence-electron chi connectivity index (χ0n) is 7.46.